The van der Waals surface area contributed by atoms with Gasteiger partial charge in [-0.05, 0) is 42.0 Å². The molecule has 10 heteroatoms. The zero-order chi connectivity index (χ0) is 23.9. The van der Waals surface area contributed by atoms with Crippen LogP contribution in [0.5, 0.6) is 5.75 Å². The smallest absolute Gasteiger partial charge is 0.329 e. The highest BCUT2D eigenvalue weighted by atomic mass is 19.3. The van der Waals surface area contributed by atoms with E-state index in [9.17, 15) is 13.2 Å². The number of hydrogen-bond acceptors (Lipinski definition) is 4. The van der Waals surface area contributed by atoms with Gasteiger partial charge in [0.15, 0.2) is 17.1 Å². The molecule has 2 aromatic carbocycles. The molecule has 0 spiro atoms. The predicted molar refractivity (Wildman–Crippen MR) is 111 cm³/mol. The Bertz CT molecular complexity index is 1450. The number of rotatable bonds is 4. The molecule has 4 rings (SSSR count). The molecule has 0 aliphatic carbocycles. The van der Waals surface area contributed by atoms with Crippen molar-refractivity contribution in [2.75, 3.05) is 7.11 Å². The summed E-state index contributed by atoms with van der Waals surface area (Å²) in [4.78, 5) is 4.09. The first kappa shape index (κ1) is 22.1. The third-order valence-electron chi connectivity index (χ3n) is 5.01. The molecule has 2 heterocycles. The fraction of sp³-hybridized carbons (Fsp3) is 0.0870. The number of halogens is 5. The quantitative estimate of drug-likeness (QED) is 0.250. The fourth-order valence-corrected chi connectivity index (χ4v) is 3.32. The van der Waals surface area contributed by atoms with Crippen molar-refractivity contribution in [3.8, 4) is 16.9 Å². The second-order valence-electron chi connectivity index (χ2n) is 7.16. The Balaban J connectivity index is 1.81. The molecule has 0 atom stereocenters. The number of hydrogen-bond donors (Lipinski definition) is 2. The standard InChI is InChI=1S/C23H15F5N4O/c1-33-18-7-13-4-15(2-3-20(13)31-10-18)23(27,28)22(30)32-11-14(8-19(26)21(32)29)12-5-16(24)9-17(25)6-12/h2-11,29-30H,1H3. The molecule has 33 heavy (non-hydrogen) atoms. The monoisotopic (exact) mass is 458 g/mol. The molecule has 4 aromatic rings. The summed E-state index contributed by atoms with van der Waals surface area (Å²) in [5.74, 6) is -8.17. The van der Waals surface area contributed by atoms with Gasteiger partial charge in [-0.3, -0.25) is 20.4 Å². The predicted octanol–water partition coefficient (Wildman–Crippen LogP) is 5.23. The minimum atomic E-state index is -3.95. The number of ether oxygens (including phenoxy) is 1. The maximum Gasteiger partial charge on any atom is 0.329 e. The minimum absolute atomic E-state index is 0.139. The van der Waals surface area contributed by atoms with E-state index in [1.807, 2.05) is 0 Å². The summed E-state index contributed by atoms with van der Waals surface area (Å²) in [6.07, 6.45) is 2.29. The highest BCUT2D eigenvalue weighted by molar-refractivity contribution is 5.91. The lowest BCUT2D eigenvalue weighted by Crippen LogP contribution is -2.39. The maximum atomic E-state index is 15.3. The van der Waals surface area contributed by atoms with Crippen LogP contribution < -0.4 is 10.2 Å². The number of alkyl halides is 2. The molecule has 0 aliphatic heterocycles. The van der Waals surface area contributed by atoms with Crippen LogP contribution in [0.25, 0.3) is 22.0 Å². The lowest BCUT2D eigenvalue weighted by Gasteiger charge is -2.21. The Hall–Kier alpha value is -4.08. The van der Waals surface area contributed by atoms with Gasteiger partial charge in [0.05, 0.1) is 18.8 Å². The van der Waals surface area contributed by atoms with Gasteiger partial charge < -0.3 is 4.74 Å². The van der Waals surface area contributed by atoms with E-state index in [1.54, 1.807) is 0 Å². The van der Waals surface area contributed by atoms with Gasteiger partial charge in [-0.2, -0.15) is 8.78 Å². The van der Waals surface area contributed by atoms with Crippen molar-refractivity contribution in [1.82, 2.24) is 9.55 Å². The van der Waals surface area contributed by atoms with E-state index in [2.05, 4.69) is 4.98 Å². The van der Waals surface area contributed by atoms with Crippen LogP contribution in [0.15, 0.2) is 60.9 Å². The summed E-state index contributed by atoms with van der Waals surface area (Å²) in [7, 11) is 1.40. The van der Waals surface area contributed by atoms with Crippen LogP contribution in [0.3, 0.4) is 0 Å². The topological polar surface area (TPSA) is 74.8 Å². The molecule has 0 saturated carbocycles. The first-order chi connectivity index (χ1) is 15.6. The van der Waals surface area contributed by atoms with Crippen molar-refractivity contribution in [3.63, 3.8) is 0 Å². The van der Waals surface area contributed by atoms with Crippen LogP contribution in [-0.4, -0.2) is 22.5 Å². The van der Waals surface area contributed by atoms with Crippen LogP contribution in [0, 0.1) is 28.3 Å². The van der Waals surface area contributed by atoms with Crippen LogP contribution in [0.2, 0.25) is 0 Å². The highest BCUT2D eigenvalue weighted by Crippen LogP contribution is 2.33. The molecule has 0 aliphatic rings. The Morgan fingerprint density at radius 2 is 1.67 bits per heavy atom. The molecule has 0 bridgehead atoms. The summed E-state index contributed by atoms with van der Waals surface area (Å²) in [5.41, 5.74) is -1.51. The van der Waals surface area contributed by atoms with Crippen LogP contribution >= 0.6 is 0 Å². The second kappa shape index (κ2) is 8.12. The molecule has 0 saturated heterocycles. The van der Waals surface area contributed by atoms with E-state index in [4.69, 9.17) is 15.6 Å². The molecular weight excluding hydrogens is 443 g/mol. The molecule has 2 aromatic heterocycles. The Morgan fingerprint density at radius 3 is 2.33 bits per heavy atom. The lowest BCUT2D eigenvalue weighted by atomic mass is 10.0. The van der Waals surface area contributed by atoms with E-state index in [1.165, 1.54) is 25.4 Å². The largest absolute Gasteiger partial charge is 0.495 e. The number of nitrogens with zero attached hydrogens (tertiary/aromatic N) is 2. The SMILES string of the molecule is COc1cnc2ccc(C(F)(F)C(=N)n3cc(-c4cc(F)cc(F)c4)cc(F)c3=N)cc2c1. The molecule has 0 amide bonds. The van der Waals surface area contributed by atoms with E-state index >= 15 is 8.78 Å². The number of aromatic nitrogens is 2. The van der Waals surface area contributed by atoms with Gasteiger partial charge in [-0.25, -0.2) is 13.2 Å². The number of benzene rings is 2. The normalized spacial score (nSPS) is 11.6. The van der Waals surface area contributed by atoms with Crippen molar-refractivity contribution in [3.05, 3.63) is 89.4 Å². The van der Waals surface area contributed by atoms with Crippen molar-refractivity contribution in [2.24, 2.45) is 0 Å². The first-order valence-electron chi connectivity index (χ1n) is 9.45. The third kappa shape index (κ3) is 4.07. The van der Waals surface area contributed by atoms with E-state index in [0.29, 0.717) is 27.3 Å². The maximum absolute atomic E-state index is 15.3. The summed E-state index contributed by atoms with van der Waals surface area (Å²) in [6.45, 7) is 0. The van der Waals surface area contributed by atoms with Gasteiger partial charge in [0.25, 0.3) is 0 Å². The van der Waals surface area contributed by atoms with Gasteiger partial charge in [-0.1, -0.05) is 6.07 Å². The summed E-state index contributed by atoms with van der Waals surface area (Å²) >= 11 is 0. The second-order valence-corrected chi connectivity index (χ2v) is 7.16. The molecule has 2 N–H and O–H groups in total. The van der Waals surface area contributed by atoms with Crippen LogP contribution in [0.1, 0.15) is 5.56 Å². The summed E-state index contributed by atoms with van der Waals surface area (Å²) in [6, 6.07) is 8.18. The molecule has 0 fully saturated rings. The molecule has 168 valence electrons. The molecular formula is C23H15F5N4O. The zero-order valence-electron chi connectivity index (χ0n) is 17.0. The number of fused-ring (bicyclic) bond motifs is 1. The lowest BCUT2D eigenvalue weighted by molar-refractivity contribution is 0.0706. The summed E-state index contributed by atoms with van der Waals surface area (Å²) < 4.78 is 77.6. The molecule has 0 unspecified atom stereocenters. The average molecular weight is 458 g/mol. The Morgan fingerprint density at radius 1 is 0.970 bits per heavy atom. The Labute approximate surface area is 183 Å². The zero-order valence-corrected chi connectivity index (χ0v) is 17.0. The minimum Gasteiger partial charge on any atom is -0.495 e. The van der Waals surface area contributed by atoms with Gasteiger partial charge in [0, 0.05) is 28.8 Å². The van der Waals surface area contributed by atoms with E-state index in [0.717, 1.165) is 36.5 Å². The summed E-state index contributed by atoms with van der Waals surface area (Å²) in [5, 5.41) is 16.2. The van der Waals surface area contributed by atoms with Crippen molar-refractivity contribution < 1.29 is 26.7 Å². The van der Waals surface area contributed by atoms with Gasteiger partial charge in [0.2, 0.25) is 0 Å². The van der Waals surface area contributed by atoms with Gasteiger partial charge in [0.1, 0.15) is 17.4 Å². The third-order valence-corrected chi connectivity index (χ3v) is 5.01. The number of nitrogens with one attached hydrogen (secondary N) is 2. The molecule has 0 radical (unpaired) electrons. The van der Waals surface area contributed by atoms with E-state index < -0.39 is 40.3 Å². The van der Waals surface area contributed by atoms with Gasteiger partial charge in [-0.15, -0.1) is 0 Å². The number of pyridine rings is 2. The van der Waals surface area contributed by atoms with Crippen LogP contribution in [0.4, 0.5) is 22.0 Å². The Kier molecular flexibility index (Phi) is 5.44. The number of methoxy groups -OCH3 is 1. The van der Waals surface area contributed by atoms with Crippen molar-refractivity contribution in [1.29, 1.82) is 10.8 Å². The molecule has 5 nitrogen and oxygen atoms in total. The van der Waals surface area contributed by atoms with Crippen LogP contribution in [-0.2, 0) is 5.92 Å². The van der Waals surface area contributed by atoms with Crippen molar-refractivity contribution >= 4 is 16.7 Å². The first-order valence-corrected chi connectivity index (χ1v) is 9.45. The van der Waals surface area contributed by atoms with Crippen molar-refractivity contribution in [2.45, 2.75) is 5.92 Å². The average Bonchev–Trinajstić information content (AvgIpc) is 2.78. The highest BCUT2D eigenvalue weighted by Gasteiger charge is 2.39. The fourth-order valence-electron chi connectivity index (χ4n) is 3.32. The van der Waals surface area contributed by atoms with E-state index in [-0.39, 0.29) is 11.1 Å². The van der Waals surface area contributed by atoms with Gasteiger partial charge >= 0.3 is 5.92 Å².